The zero-order chi connectivity index (χ0) is 12.3. The van der Waals surface area contributed by atoms with Crippen LogP contribution in [-0.2, 0) is 5.60 Å². The Morgan fingerprint density at radius 2 is 2.41 bits per heavy atom. The van der Waals surface area contributed by atoms with Crippen LogP contribution in [0.25, 0.3) is 0 Å². The lowest BCUT2D eigenvalue weighted by Crippen LogP contribution is -2.40. The number of nitrogen functional groups attached to an aromatic ring is 1. The number of piperidine rings is 1. The normalized spacial score (nSPS) is 24.2. The molecule has 1 aliphatic rings. The minimum atomic E-state index is -0.909. The first-order chi connectivity index (χ1) is 8.09. The van der Waals surface area contributed by atoms with Crippen LogP contribution in [0.15, 0.2) is 18.3 Å². The van der Waals surface area contributed by atoms with E-state index in [4.69, 9.17) is 5.73 Å². The van der Waals surface area contributed by atoms with Crippen LogP contribution in [0, 0.1) is 0 Å². The third-order valence-electron chi connectivity index (χ3n) is 3.48. The van der Waals surface area contributed by atoms with E-state index >= 15 is 0 Å². The molecular weight excluding hydrogens is 214 g/mol. The van der Waals surface area contributed by atoms with Gasteiger partial charge in [-0.1, -0.05) is 12.5 Å². The summed E-state index contributed by atoms with van der Waals surface area (Å²) in [6.45, 7) is 2.86. The second-order valence-electron chi connectivity index (χ2n) is 5.06. The minimum Gasteiger partial charge on any atom is -0.385 e. The zero-order valence-electron chi connectivity index (χ0n) is 10.3. The van der Waals surface area contributed by atoms with E-state index in [1.165, 1.54) is 12.8 Å². The predicted molar refractivity (Wildman–Crippen MR) is 68.5 cm³/mol. The van der Waals surface area contributed by atoms with Crippen molar-refractivity contribution in [3.05, 3.63) is 23.9 Å². The highest BCUT2D eigenvalue weighted by Crippen LogP contribution is 2.30. The number of hydrogen-bond acceptors (Lipinski definition) is 4. The van der Waals surface area contributed by atoms with Crippen LogP contribution in [0.4, 0.5) is 5.82 Å². The summed E-state index contributed by atoms with van der Waals surface area (Å²) in [4.78, 5) is 4.04. The fraction of sp³-hybridized carbons (Fsp3) is 0.615. The van der Waals surface area contributed by atoms with Crippen molar-refractivity contribution in [2.24, 2.45) is 0 Å². The summed E-state index contributed by atoms with van der Waals surface area (Å²) in [5, 5.41) is 14.0. The number of rotatable bonds is 3. The number of nitrogens with one attached hydrogen (secondary N) is 1. The molecule has 0 bridgehead atoms. The maximum atomic E-state index is 10.6. The molecule has 0 radical (unpaired) electrons. The van der Waals surface area contributed by atoms with Crippen LogP contribution in [0.5, 0.6) is 0 Å². The van der Waals surface area contributed by atoms with Crippen molar-refractivity contribution in [2.45, 2.75) is 44.2 Å². The van der Waals surface area contributed by atoms with E-state index in [-0.39, 0.29) is 0 Å². The summed E-state index contributed by atoms with van der Waals surface area (Å²) in [5.74, 6) is 0.424. The highest BCUT2D eigenvalue weighted by atomic mass is 16.3. The molecule has 4 N–H and O–H groups in total. The van der Waals surface area contributed by atoms with Crippen LogP contribution >= 0.6 is 0 Å². The van der Waals surface area contributed by atoms with Gasteiger partial charge < -0.3 is 16.2 Å². The Morgan fingerprint density at radius 3 is 3.06 bits per heavy atom. The molecule has 4 nitrogen and oxygen atoms in total. The van der Waals surface area contributed by atoms with Gasteiger partial charge in [0.15, 0.2) is 0 Å². The lowest BCUT2D eigenvalue weighted by atomic mass is 9.86. The maximum absolute atomic E-state index is 10.6. The fourth-order valence-corrected chi connectivity index (χ4v) is 2.56. The van der Waals surface area contributed by atoms with Gasteiger partial charge in [0.2, 0.25) is 0 Å². The van der Waals surface area contributed by atoms with E-state index in [1.54, 1.807) is 6.20 Å². The third-order valence-corrected chi connectivity index (χ3v) is 3.48. The molecule has 2 atom stereocenters. The Bertz CT molecular complexity index is 373. The van der Waals surface area contributed by atoms with Crippen molar-refractivity contribution in [2.75, 3.05) is 12.3 Å². The van der Waals surface area contributed by atoms with E-state index in [0.717, 1.165) is 18.5 Å². The van der Waals surface area contributed by atoms with Crippen LogP contribution in [0.1, 0.15) is 38.2 Å². The number of aliphatic hydroxyl groups is 1. The fourth-order valence-electron chi connectivity index (χ4n) is 2.56. The molecule has 1 fully saturated rings. The molecule has 0 saturated carbocycles. The molecule has 1 aromatic rings. The molecule has 0 spiro atoms. The number of nitrogens with zero attached hydrogens (tertiary/aromatic N) is 1. The van der Waals surface area contributed by atoms with Gasteiger partial charge in [-0.15, -0.1) is 0 Å². The van der Waals surface area contributed by atoms with Gasteiger partial charge in [-0.05, 0) is 38.8 Å². The number of pyridine rings is 1. The van der Waals surface area contributed by atoms with Crippen molar-refractivity contribution >= 4 is 5.82 Å². The Hall–Kier alpha value is -1.13. The first kappa shape index (κ1) is 12.3. The highest BCUT2D eigenvalue weighted by molar-refractivity contribution is 5.42. The molecule has 2 heterocycles. The monoisotopic (exact) mass is 235 g/mol. The van der Waals surface area contributed by atoms with Crippen molar-refractivity contribution in [1.29, 1.82) is 0 Å². The molecule has 2 unspecified atom stereocenters. The first-order valence-electron chi connectivity index (χ1n) is 6.26. The summed E-state index contributed by atoms with van der Waals surface area (Å²) in [7, 11) is 0. The van der Waals surface area contributed by atoms with Crippen molar-refractivity contribution in [3.8, 4) is 0 Å². The molecule has 94 valence electrons. The van der Waals surface area contributed by atoms with E-state index in [1.807, 2.05) is 19.1 Å². The lowest BCUT2D eigenvalue weighted by molar-refractivity contribution is 0.0337. The average molecular weight is 235 g/mol. The topological polar surface area (TPSA) is 71.2 Å². The summed E-state index contributed by atoms with van der Waals surface area (Å²) >= 11 is 0. The zero-order valence-corrected chi connectivity index (χ0v) is 10.3. The molecular formula is C13H21N3O. The number of aromatic nitrogens is 1. The predicted octanol–water partition coefficient (Wildman–Crippen LogP) is 1.40. The number of hydrogen-bond donors (Lipinski definition) is 3. The summed E-state index contributed by atoms with van der Waals surface area (Å²) in [6.07, 6.45) is 5.91. The maximum Gasteiger partial charge on any atom is 0.129 e. The van der Waals surface area contributed by atoms with Gasteiger partial charge in [-0.25, -0.2) is 4.98 Å². The molecule has 1 saturated heterocycles. The molecule has 0 aromatic carbocycles. The molecule has 1 aliphatic heterocycles. The summed E-state index contributed by atoms with van der Waals surface area (Å²) in [5.41, 5.74) is 5.64. The largest absolute Gasteiger partial charge is 0.385 e. The van der Waals surface area contributed by atoms with Crippen LogP contribution < -0.4 is 11.1 Å². The van der Waals surface area contributed by atoms with Crippen LogP contribution in [0.2, 0.25) is 0 Å². The van der Waals surface area contributed by atoms with Gasteiger partial charge in [-0.3, -0.25) is 0 Å². The van der Waals surface area contributed by atoms with Crippen molar-refractivity contribution in [1.82, 2.24) is 10.3 Å². The van der Waals surface area contributed by atoms with Crippen LogP contribution in [0.3, 0.4) is 0 Å². The molecule has 1 aromatic heterocycles. The van der Waals surface area contributed by atoms with Gasteiger partial charge in [0.25, 0.3) is 0 Å². The highest BCUT2D eigenvalue weighted by Gasteiger charge is 2.30. The molecule has 0 aliphatic carbocycles. The van der Waals surface area contributed by atoms with Gasteiger partial charge in [0.1, 0.15) is 5.82 Å². The smallest absolute Gasteiger partial charge is 0.129 e. The average Bonchev–Trinajstić information content (AvgIpc) is 2.30. The van der Waals surface area contributed by atoms with E-state index < -0.39 is 5.60 Å². The van der Waals surface area contributed by atoms with Gasteiger partial charge in [0, 0.05) is 17.8 Å². The Labute approximate surface area is 102 Å². The third kappa shape index (κ3) is 2.96. The van der Waals surface area contributed by atoms with Crippen molar-refractivity contribution < 1.29 is 5.11 Å². The van der Waals surface area contributed by atoms with E-state index in [2.05, 4.69) is 10.3 Å². The quantitative estimate of drug-likeness (QED) is 0.740. The van der Waals surface area contributed by atoms with Gasteiger partial charge in [-0.2, -0.15) is 0 Å². The standard InChI is InChI=1S/C13H21N3O/c1-13(17,9-10-5-2-3-7-15-10)11-6-4-8-16-12(11)14/h4,6,8,10,15,17H,2-3,5,7,9H2,1H3,(H2,14,16). The van der Waals surface area contributed by atoms with Gasteiger partial charge in [0.05, 0.1) is 5.60 Å². The Morgan fingerprint density at radius 1 is 1.59 bits per heavy atom. The minimum absolute atomic E-state index is 0.373. The number of anilines is 1. The Kier molecular flexibility index (Phi) is 3.64. The molecule has 4 heteroatoms. The lowest BCUT2D eigenvalue weighted by Gasteiger charge is -2.32. The van der Waals surface area contributed by atoms with Crippen LogP contribution in [-0.4, -0.2) is 22.7 Å². The number of nitrogens with two attached hydrogens (primary N) is 1. The van der Waals surface area contributed by atoms with E-state index in [0.29, 0.717) is 18.3 Å². The molecule has 2 rings (SSSR count). The first-order valence-corrected chi connectivity index (χ1v) is 6.26. The SMILES string of the molecule is CC(O)(CC1CCCCN1)c1cccnc1N. The molecule has 0 amide bonds. The second kappa shape index (κ2) is 5.02. The van der Waals surface area contributed by atoms with Gasteiger partial charge >= 0.3 is 0 Å². The van der Waals surface area contributed by atoms with E-state index in [9.17, 15) is 5.11 Å². The summed E-state index contributed by atoms with van der Waals surface area (Å²) in [6, 6.07) is 4.04. The van der Waals surface area contributed by atoms with Crippen molar-refractivity contribution in [3.63, 3.8) is 0 Å². The second-order valence-corrected chi connectivity index (χ2v) is 5.06. The molecule has 17 heavy (non-hydrogen) atoms. The summed E-state index contributed by atoms with van der Waals surface area (Å²) < 4.78 is 0. The Balaban J connectivity index is 2.10.